The molecule has 0 spiro atoms. The van der Waals surface area contributed by atoms with Crippen LogP contribution >= 0.6 is 28.3 Å². The van der Waals surface area contributed by atoms with Crippen molar-refractivity contribution in [2.24, 2.45) is 5.73 Å². The minimum atomic E-state index is 0. The Kier molecular flexibility index (Phi) is 5.67. The molecule has 0 bridgehead atoms. The van der Waals surface area contributed by atoms with Gasteiger partial charge in [-0.05, 0) is 36.6 Å². The van der Waals surface area contributed by atoms with Crippen molar-refractivity contribution in [1.29, 1.82) is 0 Å². The van der Waals surface area contributed by atoms with E-state index in [2.05, 4.69) is 15.9 Å². The highest BCUT2D eigenvalue weighted by atomic mass is 79.9. The van der Waals surface area contributed by atoms with Crippen LogP contribution in [-0.2, 0) is 13.1 Å². The molecule has 1 amide bonds. The zero-order chi connectivity index (χ0) is 14.8. The SMILES string of the molecule is Cl.NCc1cc(C(=O)N(Cc2cccc(Br)c2)C2CC2)co1. The first-order valence-electron chi connectivity index (χ1n) is 7.00. The van der Waals surface area contributed by atoms with Gasteiger partial charge in [0.05, 0.1) is 12.1 Å². The molecule has 0 radical (unpaired) electrons. The molecule has 0 saturated heterocycles. The van der Waals surface area contributed by atoms with Gasteiger partial charge in [-0.2, -0.15) is 0 Å². The molecule has 1 aromatic carbocycles. The van der Waals surface area contributed by atoms with Crippen LogP contribution < -0.4 is 5.73 Å². The van der Waals surface area contributed by atoms with Gasteiger partial charge in [-0.15, -0.1) is 12.4 Å². The van der Waals surface area contributed by atoms with Crippen molar-refractivity contribution < 1.29 is 9.21 Å². The van der Waals surface area contributed by atoms with Crippen LogP contribution in [0.3, 0.4) is 0 Å². The molecule has 0 unspecified atom stereocenters. The maximum atomic E-state index is 12.7. The van der Waals surface area contributed by atoms with E-state index in [0.29, 0.717) is 30.5 Å². The monoisotopic (exact) mass is 384 g/mol. The molecule has 4 nitrogen and oxygen atoms in total. The number of furan rings is 1. The summed E-state index contributed by atoms with van der Waals surface area (Å²) < 4.78 is 6.30. The zero-order valence-corrected chi connectivity index (χ0v) is 14.4. The lowest BCUT2D eigenvalue weighted by Crippen LogP contribution is -2.32. The lowest BCUT2D eigenvalue weighted by Gasteiger charge is -2.22. The van der Waals surface area contributed by atoms with Crippen molar-refractivity contribution in [2.45, 2.75) is 32.0 Å². The molecule has 0 atom stereocenters. The molecular weight excluding hydrogens is 368 g/mol. The van der Waals surface area contributed by atoms with Gasteiger partial charge < -0.3 is 15.1 Å². The summed E-state index contributed by atoms with van der Waals surface area (Å²) >= 11 is 3.47. The average molecular weight is 386 g/mol. The third-order valence-corrected chi connectivity index (χ3v) is 4.09. The summed E-state index contributed by atoms with van der Waals surface area (Å²) in [6.45, 7) is 0.925. The average Bonchev–Trinajstić information content (AvgIpc) is 3.20. The number of nitrogens with two attached hydrogens (primary N) is 1. The van der Waals surface area contributed by atoms with Crippen LogP contribution in [0, 0.1) is 0 Å². The fraction of sp³-hybridized carbons (Fsp3) is 0.312. The van der Waals surface area contributed by atoms with E-state index in [1.165, 1.54) is 6.26 Å². The van der Waals surface area contributed by atoms with Crippen molar-refractivity contribution in [3.8, 4) is 0 Å². The normalized spacial score (nSPS) is 13.5. The minimum Gasteiger partial charge on any atom is -0.467 e. The second-order valence-corrected chi connectivity index (χ2v) is 6.22. The Labute approximate surface area is 144 Å². The number of halogens is 2. The fourth-order valence-electron chi connectivity index (χ4n) is 2.35. The second kappa shape index (κ2) is 7.31. The molecule has 0 aliphatic heterocycles. The number of hydrogen-bond donors (Lipinski definition) is 1. The van der Waals surface area contributed by atoms with E-state index in [-0.39, 0.29) is 18.3 Å². The molecule has 1 aliphatic rings. The van der Waals surface area contributed by atoms with Crippen LogP contribution in [0.2, 0.25) is 0 Å². The number of carbonyl (C=O) groups is 1. The van der Waals surface area contributed by atoms with Crippen LogP contribution in [0.25, 0.3) is 0 Å². The molecule has 1 heterocycles. The standard InChI is InChI=1S/C16H17BrN2O2.ClH/c17-13-3-1-2-11(6-13)9-19(14-4-5-14)16(20)12-7-15(8-18)21-10-12;/h1-3,6-7,10,14H,4-5,8-9,18H2;1H. The number of nitrogens with zero attached hydrogens (tertiary/aromatic N) is 1. The molecule has 1 aliphatic carbocycles. The lowest BCUT2D eigenvalue weighted by atomic mass is 10.2. The topological polar surface area (TPSA) is 59.5 Å². The van der Waals surface area contributed by atoms with Crippen LogP contribution in [0.1, 0.15) is 34.5 Å². The maximum Gasteiger partial charge on any atom is 0.257 e. The summed E-state index contributed by atoms with van der Waals surface area (Å²) in [6.07, 6.45) is 3.64. The van der Waals surface area contributed by atoms with Gasteiger partial charge in [0.1, 0.15) is 12.0 Å². The van der Waals surface area contributed by atoms with Gasteiger partial charge >= 0.3 is 0 Å². The van der Waals surface area contributed by atoms with Gasteiger partial charge in [0.15, 0.2) is 0 Å². The van der Waals surface area contributed by atoms with Gasteiger partial charge in [-0.1, -0.05) is 28.1 Å². The highest BCUT2D eigenvalue weighted by Crippen LogP contribution is 2.30. The summed E-state index contributed by atoms with van der Waals surface area (Å²) in [5.74, 6) is 0.650. The van der Waals surface area contributed by atoms with E-state index >= 15 is 0 Å². The Bertz CT molecular complexity index is 655. The van der Waals surface area contributed by atoms with E-state index in [9.17, 15) is 4.79 Å². The Morgan fingerprint density at radius 3 is 2.73 bits per heavy atom. The number of benzene rings is 1. The summed E-state index contributed by atoms with van der Waals surface area (Å²) in [5.41, 5.74) is 7.23. The van der Waals surface area contributed by atoms with Gasteiger partial charge in [0.2, 0.25) is 0 Å². The van der Waals surface area contributed by atoms with Gasteiger partial charge in [0.25, 0.3) is 5.91 Å². The number of rotatable bonds is 5. The molecule has 118 valence electrons. The smallest absolute Gasteiger partial charge is 0.257 e. The molecule has 1 fully saturated rings. The van der Waals surface area contributed by atoms with E-state index < -0.39 is 0 Å². The predicted molar refractivity (Wildman–Crippen MR) is 90.9 cm³/mol. The Morgan fingerprint density at radius 2 is 2.14 bits per heavy atom. The van der Waals surface area contributed by atoms with Crippen molar-refractivity contribution >= 4 is 34.2 Å². The third kappa shape index (κ3) is 3.91. The van der Waals surface area contributed by atoms with E-state index in [1.807, 2.05) is 29.2 Å². The second-order valence-electron chi connectivity index (χ2n) is 5.30. The molecule has 1 aromatic heterocycles. The van der Waals surface area contributed by atoms with Crippen molar-refractivity contribution in [3.05, 3.63) is 58.0 Å². The Balaban J connectivity index is 0.00000176. The molecule has 2 aromatic rings. The van der Waals surface area contributed by atoms with E-state index in [0.717, 1.165) is 22.9 Å². The number of carbonyl (C=O) groups excluding carboxylic acids is 1. The highest BCUT2D eigenvalue weighted by molar-refractivity contribution is 9.10. The fourth-order valence-corrected chi connectivity index (χ4v) is 2.80. The molecule has 3 rings (SSSR count). The first-order valence-corrected chi connectivity index (χ1v) is 7.79. The molecule has 6 heteroatoms. The molecule has 22 heavy (non-hydrogen) atoms. The Hall–Kier alpha value is -1.30. The zero-order valence-electron chi connectivity index (χ0n) is 12.0. The van der Waals surface area contributed by atoms with Gasteiger partial charge in [-0.3, -0.25) is 4.79 Å². The predicted octanol–water partition coefficient (Wildman–Crippen LogP) is 3.73. The van der Waals surface area contributed by atoms with Crippen molar-refractivity contribution in [1.82, 2.24) is 4.90 Å². The largest absolute Gasteiger partial charge is 0.467 e. The Morgan fingerprint density at radius 1 is 1.36 bits per heavy atom. The maximum absolute atomic E-state index is 12.7. The van der Waals surface area contributed by atoms with Crippen LogP contribution in [0.15, 0.2) is 45.5 Å². The highest BCUT2D eigenvalue weighted by Gasteiger charge is 2.33. The molecule has 2 N–H and O–H groups in total. The third-order valence-electron chi connectivity index (χ3n) is 3.59. The quantitative estimate of drug-likeness (QED) is 0.853. The van der Waals surface area contributed by atoms with Crippen LogP contribution in [0.5, 0.6) is 0 Å². The summed E-state index contributed by atoms with van der Waals surface area (Å²) in [5, 5.41) is 0. The summed E-state index contributed by atoms with van der Waals surface area (Å²) in [4.78, 5) is 14.6. The van der Waals surface area contributed by atoms with E-state index in [4.69, 9.17) is 10.2 Å². The van der Waals surface area contributed by atoms with Crippen molar-refractivity contribution in [2.75, 3.05) is 0 Å². The minimum absolute atomic E-state index is 0. The molecule has 1 saturated carbocycles. The van der Waals surface area contributed by atoms with E-state index in [1.54, 1.807) is 6.07 Å². The van der Waals surface area contributed by atoms with Crippen molar-refractivity contribution in [3.63, 3.8) is 0 Å². The summed E-state index contributed by atoms with van der Waals surface area (Å²) in [7, 11) is 0. The lowest BCUT2D eigenvalue weighted by molar-refractivity contribution is 0.0729. The van der Waals surface area contributed by atoms with Gasteiger partial charge in [0, 0.05) is 17.1 Å². The number of hydrogen-bond acceptors (Lipinski definition) is 3. The number of amides is 1. The van der Waals surface area contributed by atoms with Gasteiger partial charge in [-0.25, -0.2) is 0 Å². The summed E-state index contributed by atoms with van der Waals surface area (Å²) in [6, 6.07) is 10.1. The first kappa shape index (κ1) is 17.1. The first-order chi connectivity index (χ1) is 10.2. The van der Waals surface area contributed by atoms with Crippen LogP contribution in [0.4, 0.5) is 0 Å². The molecular formula is C16H18BrClN2O2. The van der Waals surface area contributed by atoms with Crippen LogP contribution in [-0.4, -0.2) is 16.8 Å².